The van der Waals surface area contributed by atoms with Gasteiger partial charge in [-0.05, 0) is 45.4 Å². The van der Waals surface area contributed by atoms with Gasteiger partial charge in [0.25, 0.3) is 0 Å². The van der Waals surface area contributed by atoms with E-state index in [0.29, 0.717) is 0 Å². The summed E-state index contributed by atoms with van der Waals surface area (Å²) in [6, 6.07) is 8.39. The summed E-state index contributed by atoms with van der Waals surface area (Å²) in [5, 5.41) is 4.44. The topological polar surface area (TPSA) is 52.4 Å². The third-order valence-electron chi connectivity index (χ3n) is 4.26. The second kappa shape index (κ2) is 7.97. The molecule has 0 spiro atoms. The van der Waals surface area contributed by atoms with Crippen molar-refractivity contribution in [2.75, 3.05) is 19.7 Å². The molecular formula is C19H28N4O2. The van der Waals surface area contributed by atoms with Crippen LogP contribution in [0.4, 0.5) is 0 Å². The van der Waals surface area contributed by atoms with Gasteiger partial charge in [-0.3, -0.25) is 4.90 Å². The van der Waals surface area contributed by atoms with Gasteiger partial charge in [0.05, 0.1) is 25.4 Å². The summed E-state index contributed by atoms with van der Waals surface area (Å²) < 4.78 is 13.6. The van der Waals surface area contributed by atoms with E-state index in [1.807, 2.05) is 32.4 Å². The van der Waals surface area contributed by atoms with E-state index in [9.17, 15) is 0 Å². The molecule has 2 aromatic rings. The van der Waals surface area contributed by atoms with Crippen LogP contribution < -0.4 is 4.74 Å². The minimum Gasteiger partial charge on any atom is -0.491 e. The zero-order valence-electron chi connectivity index (χ0n) is 15.6. The van der Waals surface area contributed by atoms with Gasteiger partial charge in [-0.1, -0.05) is 12.1 Å². The minimum atomic E-state index is 0.150. The molecule has 25 heavy (non-hydrogen) atoms. The molecular weight excluding hydrogens is 316 g/mol. The van der Waals surface area contributed by atoms with E-state index >= 15 is 0 Å². The van der Waals surface area contributed by atoms with Crippen LogP contribution in [0.2, 0.25) is 0 Å². The van der Waals surface area contributed by atoms with Gasteiger partial charge in [-0.2, -0.15) is 5.10 Å². The minimum absolute atomic E-state index is 0.150. The second-order valence-corrected chi connectivity index (χ2v) is 6.93. The first kappa shape index (κ1) is 17.9. The van der Waals surface area contributed by atoms with Gasteiger partial charge in [0, 0.05) is 19.6 Å². The molecule has 136 valence electrons. The number of aromatic nitrogens is 3. The Morgan fingerprint density at radius 1 is 1.24 bits per heavy atom. The zero-order valence-corrected chi connectivity index (χ0v) is 15.6. The molecule has 1 aromatic heterocycles. The maximum Gasteiger partial charge on any atom is 0.147 e. The number of nitrogens with zero attached hydrogens (tertiary/aromatic N) is 4. The molecule has 1 saturated heterocycles. The normalized spacial score (nSPS) is 18.7. The molecule has 1 fully saturated rings. The van der Waals surface area contributed by atoms with Gasteiger partial charge in [-0.15, -0.1) is 0 Å². The Balaban J connectivity index is 1.55. The molecule has 0 amide bonds. The van der Waals surface area contributed by atoms with E-state index in [1.165, 1.54) is 5.56 Å². The molecule has 1 aliphatic rings. The number of ether oxygens (including phenoxy) is 2. The zero-order chi connectivity index (χ0) is 17.8. The highest BCUT2D eigenvalue weighted by molar-refractivity contribution is 5.27. The molecule has 0 N–H and O–H groups in total. The van der Waals surface area contributed by atoms with E-state index in [0.717, 1.165) is 50.2 Å². The third-order valence-corrected chi connectivity index (χ3v) is 4.26. The Labute approximate surface area is 149 Å². The Kier molecular flexibility index (Phi) is 5.71. The second-order valence-electron chi connectivity index (χ2n) is 6.93. The molecule has 0 bridgehead atoms. The van der Waals surface area contributed by atoms with E-state index < -0.39 is 0 Å². The number of benzene rings is 1. The van der Waals surface area contributed by atoms with Crippen LogP contribution in [0.1, 0.15) is 31.1 Å². The highest BCUT2D eigenvalue weighted by Gasteiger charge is 2.22. The molecule has 3 rings (SSSR count). The molecule has 2 heterocycles. The van der Waals surface area contributed by atoms with Crippen molar-refractivity contribution in [2.45, 2.75) is 53.0 Å². The Morgan fingerprint density at radius 2 is 2.00 bits per heavy atom. The molecule has 6 heteroatoms. The molecule has 0 aliphatic carbocycles. The number of hydrogen-bond donors (Lipinski definition) is 0. The van der Waals surface area contributed by atoms with Crippen LogP contribution in [0, 0.1) is 13.8 Å². The summed E-state index contributed by atoms with van der Waals surface area (Å²) in [6.45, 7) is 12.3. The first-order chi connectivity index (χ1) is 12.0. The molecule has 1 unspecified atom stereocenters. The van der Waals surface area contributed by atoms with Gasteiger partial charge in [0.1, 0.15) is 17.4 Å². The van der Waals surface area contributed by atoms with Crippen molar-refractivity contribution >= 4 is 0 Å². The van der Waals surface area contributed by atoms with Crippen LogP contribution in [-0.2, 0) is 17.8 Å². The summed E-state index contributed by atoms with van der Waals surface area (Å²) >= 11 is 0. The first-order valence-corrected chi connectivity index (χ1v) is 8.97. The highest BCUT2D eigenvalue weighted by Crippen LogP contribution is 2.17. The van der Waals surface area contributed by atoms with Crippen molar-refractivity contribution in [3.8, 4) is 5.75 Å². The summed E-state index contributed by atoms with van der Waals surface area (Å²) in [7, 11) is 0. The van der Waals surface area contributed by atoms with E-state index in [-0.39, 0.29) is 12.2 Å². The molecule has 6 nitrogen and oxygen atoms in total. The maximum atomic E-state index is 5.93. The summed E-state index contributed by atoms with van der Waals surface area (Å²) in [6.07, 6.45) is 0.354. The van der Waals surface area contributed by atoms with Gasteiger partial charge < -0.3 is 9.47 Å². The van der Waals surface area contributed by atoms with Crippen LogP contribution in [0.25, 0.3) is 0 Å². The number of hydrogen-bond acceptors (Lipinski definition) is 5. The molecule has 1 aromatic carbocycles. The van der Waals surface area contributed by atoms with E-state index in [2.05, 4.69) is 39.2 Å². The van der Waals surface area contributed by atoms with Crippen LogP contribution in [-0.4, -0.2) is 51.6 Å². The fourth-order valence-electron chi connectivity index (χ4n) is 3.17. The van der Waals surface area contributed by atoms with Crippen molar-refractivity contribution in [1.29, 1.82) is 0 Å². The lowest BCUT2D eigenvalue weighted by atomic mass is 10.2. The predicted molar refractivity (Wildman–Crippen MR) is 96.7 cm³/mol. The summed E-state index contributed by atoms with van der Waals surface area (Å²) in [5.74, 6) is 2.68. The van der Waals surface area contributed by atoms with Crippen molar-refractivity contribution in [3.63, 3.8) is 0 Å². The van der Waals surface area contributed by atoms with Crippen molar-refractivity contribution in [3.05, 3.63) is 41.5 Å². The third kappa shape index (κ3) is 5.03. The number of morpholine rings is 1. The van der Waals surface area contributed by atoms with Gasteiger partial charge >= 0.3 is 0 Å². The van der Waals surface area contributed by atoms with Gasteiger partial charge in [0.2, 0.25) is 0 Å². The van der Waals surface area contributed by atoms with E-state index in [4.69, 9.17) is 9.47 Å². The van der Waals surface area contributed by atoms with Crippen LogP contribution >= 0.6 is 0 Å². The maximum absolute atomic E-state index is 5.93. The van der Waals surface area contributed by atoms with Crippen LogP contribution in [0.15, 0.2) is 24.3 Å². The highest BCUT2D eigenvalue weighted by atomic mass is 16.5. The van der Waals surface area contributed by atoms with Gasteiger partial charge in [0.15, 0.2) is 0 Å². The fraction of sp³-hybridized carbons (Fsp3) is 0.579. The van der Waals surface area contributed by atoms with Crippen LogP contribution in [0.5, 0.6) is 5.75 Å². The van der Waals surface area contributed by atoms with E-state index in [1.54, 1.807) is 0 Å². The lowest BCUT2D eigenvalue weighted by Crippen LogP contribution is -2.43. The smallest absolute Gasteiger partial charge is 0.147 e. The predicted octanol–water partition coefficient (Wildman–Crippen LogP) is 2.58. The standard InChI is InChI=1S/C19H28N4O2/c1-14(2)25-18-7-5-17(6-8-18)11-22-9-10-24-19(12-22)13-23-16(4)20-15(3)21-23/h5-8,14,19H,9-13H2,1-4H3. The summed E-state index contributed by atoms with van der Waals surface area (Å²) in [5.41, 5.74) is 1.30. The van der Waals surface area contributed by atoms with Crippen molar-refractivity contribution < 1.29 is 9.47 Å². The summed E-state index contributed by atoms with van der Waals surface area (Å²) in [4.78, 5) is 6.80. The largest absolute Gasteiger partial charge is 0.491 e. The molecule has 1 atom stereocenters. The average Bonchev–Trinajstić information content (AvgIpc) is 2.87. The molecule has 0 radical (unpaired) electrons. The van der Waals surface area contributed by atoms with Gasteiger partial charge in [-0.25, -0.2) is 9.67 Å². The lowest BCUT2D eigenvalue weighted by molar-refractivity contribution is -0.0405. The van der Waals surface area contributed by atoms with Crippen molar-refractivity contribution in [1.82, 2.24) is 19.7 Å². The Bertz CT molecular complexity index is 681. The molecule has 1 aliphatic heterocycles. The number of rotatable bonds is 6. The SMILES string of the molecule is Cc1nc(C)n(CC2CN(Cc3ccc(OC(C)C)cc3)CCO2)n1. The first-order valence-electron chi connectivity index (χ1n) is 8.97. The Hall–Kier alpha value is -1.92. The Morgan fingerprint density at radius 3 is 2.64 bits per heavy atom. The lowest BCUT2D eigenvalue weighted by Gasteiger charge is -2.33. The molecule has 0 saturated carbocycles. The fourth-order valence-corrected chi connectivity index (χ4v) is 3.17. The number of aryl methyl sites for hydroxylation is 2. The van der Waals surface area contributed by atoms with Crippen molar-refractivity contribution in [2.24, 2.45) is 0 Å². The monoisotopic (exact) mass is 344 g/mol. The quantitative estimate of drug-likeness (QED) is 0.806. The average molecular weight is 344 g/mol. The van der Waals surface area contributed by atoms with Crippen LogP contribution in [0.3, 0.4) is 0 Å².